The molecule has 1 heterocycles. The van der Waals surface area contributed by atoms with Gasteiger partial charge in [0.05, 0.1) is 46.1 Å². The summed E-state index contributed by atoms with van der Waals surface area (Å²) >= 11 is 0. The third-order valence-electron chi connectivity index (χ3n) is 4.54. The number of nitrogens with one attached hydrogen (secondary N) is 1. The van der Waals surface area contributed by atoms with Crippen LogP contribution < -0.4 is 5.32 Å². The molecule has 1 aliphatic heterocycles. The van der Waals surface area contributed by atoms with Crippen molar-refractivity contribution in [3.8, 4) is 0 Å². The third kappa shape index (κ3) is 9.57. The lowest BCUT2D eigenvalue weighted by molar-refractivity contribution is -0.134. The summed E-state index contributed by atoms with van der Waals surface area (Å²) in [6.45, 7) is 10.6. The molecule has 0 unspecified atom stereocenters. The van der Waals surface area contributed by atoms with Crippen LogP contribution >= 0.6 is 0 Å². The normalized spacial score (nSPS) is 16.1. The number of nitrogens with zero attached hydrogens (tertiary/aromatic N) is 1. The zero-order valence-electron chi connectivity index (χ0n) is 15.7. The van der Waals surface area contributed by atoms with Crippen LogP contribution in [0.15, 0.2) is 0 Å². The maximum Gasteiger partial charge on any atom is 0.224 e. The Morgan fingerprint density at radius 1 is 1.00 bits per heavy atom. The van der Waals surface area contributed by atoms with Crippen molar-refractivity contribution < 1.29 is 19.0 Å². The first-order valence-electron chi connectivity index (χ1n) is 9.30. The number of carbonyl (C=O) groups excluding carboxylic acids is 1. The van der Waals surface area contributed by atoms with Gasteiger partial charge in [-0.25, -0.2) is 0 Å². The molecule has 1 rings (SSSR count). The molecule has 6 nitrogen and oxygen atoms in total. The number of piperidine rings is 1. The molecule has 0 spiro atoms. The fraction of sp³-hybridized carbons (Fsp3) is 0.944. The fourth-order valence-electron chi connectivity index (χ4n) is 2.85. The lowest BCUT2D eigenvalue weighted by Gasteiger charge is -2.34. The van der Waals surface area contributed by atoms with E-state index < -0.39 is 0 Å². The van der Waals surface area contributed by atoms with Crippen LogP contribution in [0.5, 0.6) is 0 Å². The second-order valence-electron chi connectivity index (χ2n) is 6.65. The summed E-state index contributed by atoms with van der Waals surface area (Å²) in [5, 5.41) is 3.02. The molecule has 0 radical (unpaired) electrons. The first kappa shape index (κ1) is 21.4. The van der Waals surface area contributed by atoms with Crippen molar-refractivity contribution in [3.63, 3.8) is 0 Å². The van der Waals surface area contributed by atoms with Crippen LogP contribution in [-0.4, -0.2) is 77.1 Å². The predicted molar refractivity (Wildman–Crippen MR) is 95.1 cm³/mol. The van der Waals surface area contributed by atoms with Gasteiger partial charge < -0.3 is 24.4 Å². The van der Waals surface area contributed by atoms with E-state index in [1.54, 1.807) is 0 Å². The topological polar surface area (TPSA) is 60.0 Å². The van der Waals surface area contributed by atoms with Crippen LogP contribution in [0.3, 0.4) is 0 Å². The molecule has 1 fully saturated rings. The second-order valence-corrected chi connectivity index (χ2v) is 6.65. The summed E-state index contributed by atoms with van der Waals surface area (Å²) in [6, 6.07) is 0. The van der Waals surface area contributed by atoms with Crippen LogP contribution in [-0.2, 0) is 19.0 Å². The minimum absolute atomic E-state index is 0.219. The van der Waals surface area contributed by atoms with Crippen molar-refractivity contribution in [2.75, 3.05) is 66.3 Å². The zero-order chi connectivity index (χ0) is 17.6. The largest absolute Gasteiger partial charge is 0.379 e. The number of amides is 1. The second kappa shape index (κ2) is 13.6. The molecule has 1 N–H and O–H groups in total. The fourth-order valence-corrected chi connectivity index (χ4v) is 2.85. The van der Waals surface area contributed by atoms with Gasteiger partial charge in [0.25, 0.3) is 0 Å². The number of likely N-dealkylation sites (tertiary alicyclic amines) is 1. The van der Waals surface area contributed by atoms with E-state index in [1.807, 2.05) is 11.9 Å². The number of rotatable bonds is 13. The van der Waals surface area contributed by atoms with E-state index in [-0.39, 0.29) is 5.91 Å². The number of hydrogen-bond donors (Lipinski definition) is 1. The van der Waals surface area contributed by atoms with E-state index in [9.17, 15) is 4.79 Å². The number of likely N-dealkylation sites (N-methyl/N-ethyl adjacent to an activating group) is 1. The van der Waals surface area contributed by atoms with Crippen molar-refractivity contribution in [1.82, 2.24) is 10.2 Å². The van der Waals surface area contributed by atoms with Gasteiger partial charge in [-0.1, -0.05) is 13.8 Å². The summed E-state index contributed by atoms with van der Waals surface area (Å²) in [6.07, 6.45) is 2.74. The van der Waals surface area contributed by atoms with Gasteiger partial charge in [-0.15, -0.1) is 0 Å². The molecule has 0 aliphatic carbocycles. The number of ether oxygens (including phenoxy) is 3. The zero-order valence-corrected chi connectivity index (χ0v) is 15.7. The Hall–Kier alpha value is -0.690. The lowest BCUT2D eigenvalue weighted by atomic mass is 9.86. The Kier molecular flexibility index (Phi) is 12.1. The van der Waals surface area contributed by atoms with Crippen LogP contribution in [0.2, 0.25) is 0 Å². The van der Waals surface area contributed by atoms with Crippen molar-refractivity contribution in [1.29, 1.82) is 0 Å². The molecule has 24 heavy (non-hydrogen) atoms. The maximum absolute atomic E-state index is 12.1. The highest BCUT2D eigenvalue weighted by atomic mass is 16.5. The van der Waals surface area contributed by atoms with E-state index >= 15 is 0 Å². The molecule has 0 saturated carbocycles. The Balaban J connectivity index is 1.90. The Labute approximate surface area is 147 Å². The van der Waals surface area contributed by atoms with Crippen molar-refractivity contribution in [3.05, 3.63) is 0 Å². The molecular formula is C18H36N2O4. The van der Waals surface area contributed by atoms with Gasteiger partial charge in [-0.3, -0.25) is 4.79 Å². The van der Waals surface area contributed by atoms with Crippen LogP contribution in [0.4, 0.5) is 0 Å². The van der Waals surface area contributed by atoms with E-state index in [0.29, 0.717) is 46.1 Å². The molecule has 0 aromatic carbocycles. The molecule has 0 bridgehead atoms. The third-order valence-corrected chi connectivity index (χ3v) is 4.54. The van der Waals surface area contributed by atoms with E-state index in [4.69, 9.17) is 14.2 Å². The van der Waals surface area contributed by atoms with Crippen molar-refractivity contribution >= 4 is 5.91 Å². The number of carbonyl (C=O) groups is 1. The molecule has 1 saturated heterocycles. The Morgan fingerprint density at radius 2 is 1.54 bits per heavy atom. The highest BCUT2D eigenvalue weighted by Crippen LogP contribution is 2.24. The summed E-state index contributed by atoms with van der Waals surface area (Å²) in [5.74, 6) is 1.71. The Morgan fingerprint density at radius 3 is 2.08 bits per heavy atom. The Bertz CT molecular complexity index is 318. The summed E-state index contributed by atoms with van der Waals surface area (Å²) in [7, 11) is 1.90. The monoisotopic (exact) mass is 344 g/mol. The lowest BCUT2D eigenvalue weighted by Crippen LogP contribution is -2.39. The highest BCUT2D eigenvalue weighted by Gasteiger charge is 2.24. The molecule has 1 aliphatic rings. The van der Waals surface area contributed by atoms with E-state index in [0.717, 1.165) is 44.3 Å². The molecule has 6 heteroatoms. The molecule has 142 valence electrons. The van der Waals surface area contributed by atoms with E-state index in [2.05, 4.69) is 19.2 Å². The smallest absolute Gasteiger partial charge is 0.224 e. The van der Waals surface area contributed by atoms with E-state index in [1.165, 1.54) is 0 Å². The minimum Gasteiger partial charge on any atom is -0.379 e. The van der Waals surface area contributed by atoms with Gasteiger partial charge in [0, 0.05) is 19.6 Å². The summed E-state index contributed by atoms with van der Waals surface area (Å²) in [5.41, 5.74) is 0. The van der Waals surface area contributed by atoms with Crippen molar-refractivity contribution in [2.45, 2.75) is 33.1 Å². The predicted octanol–water partition coefficient (Wildman–Crippen LogP) is 1.54. The average molecular weight is 344 g/mol. The van der Waals surface area contributed by atoms with Gasteiger partial charge in [-0.2, -0.15) is 0 Å². The summed E-state index contributed by atoms with van der Waals surface area (Å²) in [4.78, 5) is 14.1. The van der Waals surface area contributed by atoms with Crippen LogP contribution in [0, 0.1) is 11.8 Å². The molecular weight excluding hydrogens is 308 g/mol. The molecule has 0 atom stereocenters. The molecule has 0 aromatic heterocycles. The SMILES string of the molecule is CNCCOCCOCCOCCC(=O)N1CCC(C(C)C)CC1. The van der Waals surface area contributed by atoms with Gasteiger partial charge in [0.15, 0.2) is 0 Å². The standard InChI is InChI=1S/C18H36N2O4/c1-16(2)17-4-8-20(9-5-17)18(21)6-10-22-12-14-24-15-13-23-11-7-19-3/h16-17,19H,4-15H2,1-3H3. The number of hydrogen-bond acceptors (Lipinski definition) is 5. The van der Waals surface area contributed by atoms with Gasteiger partial charge >= 0.3 is 0 Å². The summed E-state index contributed by atoms with van der Waals surface area (Å²) < 4.78 is 16.2. The minimum atomic E-state index is 0.219. The molecule has 0 aromatic rings. The van der Waals surface area contributed by atoms with Gasteiger partial charge in [0.2, 0.25) is 5.91 Å². The highest BCUT2D eigenvalue weighted by molar-refractivity contribution is 5.76. The first-order chi connectivity index (χ1) is 11.6. The van der Waals surface area contributed by atoms with Crippen molar-refractivity contribution in [2.24, 2.45) is 11.8 Å². The molecule has 1 amide bonds. The van der Waals surface area contributed by atoms with Gasteiger partial charge in [-0.05, 0) is 31.7 Å². The maximum atomic E-state index is 12.1. The quantitative estimate of drug-likeness (QED) is 0.514. The van der Waals surface area contributed by atoms with Crippen LogP contribution in [0.25, 0.3) is 0 Å². The first-order valence-corrected chi connectivity index (χ1v) is 9.30. The van der Waals surface area contributed by atoms with Gasteiger partial charge in [0.1, 0.15) is 0 Å². The average Bonchev–Trinajstić information content (AvgIpc) is 2.59. The van der Waals surface area contributed by atoms with Crippen LogP contribution in [0.1, 0.15) is 33.1 Å².